The Labute approximate surface area is 180 Å². The van der Waals surface area contributed by atoms with Crippen LogP contribution in [0.25, 0.3) is 0 Å². The van der Waals surface area contributed by atoms with E-state index in [9.17, 15) is 19.2 Å². The molecule has 172 valence electrons. The maximum Gasteiger partial charge on any atom is 0.405 e. The van der Waals surface area contributed by atoms with Crippen molar-refractivity contribution in [1.29, 1.82) is 0 Å². The number of anilines is 1. The molecule has 1 aromatic carbocycles. The van der Waals surface area contributed by atoms with Crippen molar-refractivity contribution in [3.05, 3.63) is 29.8 Å². The summed E-state index contributed by atoms with van der Waals surface area (Å²) in [5.41, 5.74) is 6.18. The Hall–Kier alpha value is -3.34. The molecule has 1 rings (SSSR count). The summed E-state index contributed by atoms with van der Waals surface area (Å²) in [5.74, 6) is -1.07. The molecule has 0 fully saturated rings. The highest BCUT2D eigenvalue weighted by atomic mass is 16.4. The number of carbonyl (C=O) groups is 4. The lowest BCUT2D eigenvalue weighted by molar-refractivity contribution is -0.128. The molecule has 0 aliphatic rings. The second-order valence-corrected chi connectivity index (χ2v) is 7.47. The van der Waals surface area contributed by atoms with Crippen molar-refractivity contribution in [2.45, 2.75) is 51.8 Å². The molecule has 0 saturated heterocycles. The van der Waals surface area contributed by atoms with Crippen molar-refractivity contribution in [2.24, 2.45) is 11.7 Å². The number of aliphatic hydroxyl groups is 1. The first-order chi connectivity index (χ1) is 14.6. The SMILES string of the molecule is CC(C)C[C@H](NC(=O)O)C(=O)N[C@@H](CCCNC(N)=O)C(=O)Nc1ccc(CO)cc1. The fourth-order valence-corrected chi connectivity index (χ4v) is 2.83. The van der Waals surface area contributed by atoms with Crippen LogP contribution < -0.4 is 27.0 Å². The van der Waals surface area contributed by atoms with Crippen molar-refractivity contribution in [3.63, 3.8) is 0 Å². The Morgan fingerprint density at radius 2 is 1.65 bits per heavy atom. The van der Waals surface area contributed by atoms with E-state index in [1.54, 1.807) is 24.3 Å². The van der Waals surface area contributed by atoms with E-state index in [1.807, 2.05) is 13.8 Å². The third kappa shape index (κ3) is 10.3. The number of benzene rings is 1. The number of primary amides is 1. The third-order valence-corrected chi connectivity index (χ3v) is 4.33. The van der Waals surface area contributed by atoms with Gasteiger partial charge in [0.2, 0.25) is 11.8 Å². The van der Waals surface area contributed by atoms with Crippen LogP contribution in [0.5, 0.6) is 0 Å². The van der Waals surface area contributed by atoms with Crippen LogP contribution in [0.2, 0.25) is 0 Å². The summed E-state index contributed by atoms with van der Waals surface area (Å²) in [6.45, 7) is 3.77. The van der Waals surface area contributed by atoms with Gasteiger partial charge in [0.25, 0.3) is 0 Å². The largest absolute Gasteiger partial charge is 0.465 e. The fraction of sp³-hybridized carbons (Fsp3) is 0.500. The van der Waals surface area contributed by atoms with Crippen LogP contribution in [0.3, 0.4) is 0 Å². The Balaban J connectivity index is 2.88. The van der Waals surface area contributed by atoms with E-state index < -0.39 is 36.0 Å². The lowest BCUT2D eigenvalue weighted by Gasteiger charge is -2.23. The molecule has 0 aromatic heterocycles. The van der Waals surface area contributed by atoms with Gasteiger partial charge in [-0.2, -0.15) is 0 Å². The molecule has 0 spiro atoms. The van der Waals surface area contributed by atoms with Gasteiger partial charge in [-0.25, -0.2) is 9.59 Å². The zero-order chi connectivity index (χ0) is 23.4. The summed E-state index contributed by atoms with van der Waals surface area (Å²) in [5, 5.41) is 28.0. The average Bonchev–Trinajstić information content (AvgIpc) is 2.69. The van der Waals surface area contributed by atoms with Crippen LogP contribution in [0.1, 0.15) is 38.7 Å². The summed E-state index contributed by atoms with van der Waals surface area (Å²) < 4.78 is 0. The van der Waals surface area contributed by atoms with E-state index in [4.69, 9.17) is 15.9 Å². The van der Waals surface area contributed by atoms with Crippen LogP contribution in [-0.2, 0) is 16.2 Å². The summed E-state index contributed by atoms with van der Waals surface area (Å²) >= 11 is 0. The van der Waals surface area contributed by atoms with Crippen molar-refractivity contribution < 1.29 is 29.4 Å². The number of carboxylic acid groups (broad SMARTS) is 1. The summed E-state index contributed by atoms with van der Waals surface area (Å²) in [4.78, 5) is 47.3. The quantitative estimate of drug-likeness (QED) is 0.236. The van der Waals surface area contributed by atoms with Gasteiger partial charge in [-0.15, -0.1) is 0 Å². The van der Waals surface area contributed by atoms with Gasteiger partial charge in [0.05, 0.1) is 6.61 Å². The normalized spacial score (nSPS) is 12.5. The maximum atomic E-state index is 12.8. The second-order valence-electron chi connectivity index (χ2n) is 7.47. The number of rotatable bonds is 12. The van der Waals surface area contributed by atoms with Gasteiger partial charge < -0.3 is 37.2 Å². The number of hydrogen-bond acceptors (Lipinski definition) is 5. The van der Waals surface area contributed by atoms with E-state index in [2.05, 4.69) is 21.3 Å². The van der Waals surface area contributed by atoms with Gasteiger partial charge in [-0.05, 0) is 42.9 Å². The van der Waals surface area contributed by atoms with Gasteiger partial charge in [-0.1, -0.05) is 26.0 Å². The Kier molecular flexibility index (Phi) is 10.8. The molecular formula is C20H31N5O6. The first-order valence-corrected chi connectivity index (χ1v) is 9.96. The van der Waals surface area contributed by atoms with E-state index in [0.717, 1.165) is 0 Å². The zero-order valence-electron chi connectivity index (χ0n) is 17.7. The predicted molar refractivity (Wildman–Crippen MR) is 114 cm³/mol. The molecule has 0 aliphatic carbocycles. The van der Waals surface area contributed by atoms with Crippen LogP contribution in [-0.4, -0.2) is 52.8 Å². The van der Waals surface area contributed by atoms with Gasteiger partial charge in [-0.3, -0.25) is 9.59 Å². The summed E-state index contributed by atoms with van der Waals surface area (Å²) in [6, 6.07) is 3.85. The molecule has 5 amide bonds. The topological polar surface area (TPSA) is 183 Å². The van der Waals surface area contributed by atoms with E-state index >= 15 is 0 Å². The second kappa shape index (κ2) is 13.1. The molecule has 11 nitrogen and oxygen atoms in total. The number of nitrogens with two attached hydrogens (primary N) is 1. The summed E-state index contributed by atoms with van der Waals surface area (Å²) in [7, 11) is 0. The maximum absolute atomic E-state index is 12.8. The van der Waals surface area contributed by atoms with Crippen molar-refractivity contribution >= 4 is 29.6 Å². The standard InChI is InChI=1S/C20H31N5O6/c1-12(2)10-16(25-20(30)31)18(28)24-15(4-3-9-22-19(21)29)17(27)23-14-7-5-13(11-26)6-8-14/h5-8,12,15-16,25-26H,3-4,9-11H2,1-2H3,(H,23,27)(H,24,28)(H,30,31)(H3,21,22,29)/t15-,16-/m0/s1. The zero-order valence-corrected chi connectivity index (χ0v) is 17.7. The van der Waals surface area contributed by atoms with Crippen LogP contribution in [0.15, 0.2) is 24.3 Å². The molecule has 0 unspecified atom stereocenters. The van der Waals surface area contributed by atoms with Crippen molar-refractivity contribution in [1.82, 2.24) is 16.0 Å². The molecule has 31 heavy (non-hydrogen) atoms. The van der Waals surface area contributed by atoms with Gasteiger partial charge in [0.15, 0.2) is 0 Å². The van der Waals surface area contributed by atoms with Crippen molar-refractivity contribution in [3.8, 4) is 0 Å². The average molecular weight is 437 g/mol. The minimum absolute atomic E-state index is 0.0414. The number of amides is 5. The van der Waals surface area contributed by atoms with E-state index in [0.29, 0.717) is 17.7 Å². The Morgan fingerprint density at radius 3 is 2.16 bits per heavy atom. The monoisotopic (exact) mass is 437 g/mol. The first kappa shape index (κ1) is 25.7. The molecule has 2 atom stereocenters. The predicted octanol–water partition coefficient (Wildman–Crippen LogP) is 0.733. The number of hydrogen-bond donors (Lipinski definition) is 7. The minimum Gasteiger partial charge on any atom is -0.465 e. The van der Waals surface area contributed by atoms with Crippen molar-refractivity contribution in [2.75, 3.05) is 11.9 Å². The Morgan fingerprint density at radius 1 is 1.00 bits per heavy atom. The molecule has 11 heteroatoms. The number of aliphatic hydroxyl groups excluding tert-OH is 1. The highest BCUT2D eigenvalue weighted by Gasteiger charge is 2.27. The van der Waals surface area contributed by atoms with E-state index in [-0.39, 0.29) is 31.9 Å². The molecule has 0 saturated carbocycles. The smallest absolute Gasteiger partial charge is 0.405 e. The van der Waals surface area contributed by atoms with Gasteiger partial charge in [0, 0.05) is 12.2 Å². The molecule has 0 heterocycles. The van der Waals surface area contributed by atoms with E-state index in [1.165, 1.54) is 0 Å². The molecule has 8 N–H and O–H groups in total. The lowest BCUT2D eigenvalue weighted by atomic mass is 10.0. The fourth-order valence-electron chi connectivity index (χ4n) is 2.83. The molecule has 1 aromatic rings. The molecular weight excluding hydrogens is 406 g/mol. The Bertz CT molecular complexity index is 753. The first-order valence-electron chi connectivity index (χ1n) is 9.96. The third-order valence-electron chi connectivity index (χ3n) is 4.33. The van der Waals surface area contributed by atoms with Crippen LogP contribution in [0, 0.1) is 5.92 Å². The number of urea groups is 1. The minimum atomic E-state index is -1.34. The molecule has 0 bridgehead atoms. The van der Waals surface area contributed by atoms with Crippen LogP contribution >= 0.6 is 0 Å². The highest BCUT2D eigenvalue weighted by molar-refractivity contribution is 5.98. The van der Waals surface area contributed by atoms with Gasteiger partial charge >= 0.3 is 12.1 Å². The number of carbonyl (C=O) groups excluding carboxylic acids is 3. The summed E-state index contributed by atoms with van der Waals surface area (Å²) in [6.07, 6.45) is -0.533. The van der Waals surface area contributed by atoms with Gasteiger partial charge in [0.1, 0.15) is 12.1 Å². The van der Waals surface area contributed by atoms with Crippen LogP contribution in [0.4, 0.5) is 15.3 Å². The lowest BCUT2D eigenvalue weighted by Crippen LogP contribution is -2.53. The molecule has 0 radical (unpaired) electrons. The molecule has 0 aliphatic heterocycles. The highest BCUT2D eigenvalue weighted by Crippen LogP contribution is 2.12. The number of nitrogens with one attached hydrogen (secondary N) is 4.